The summed E-state index contributed by atoms with van der Waals surface area (Å²) < 4.78 is 0. The van der Waals surface area contributed by atoms with Crippen molar-refractivity contribution in [2.45, 2.75) is 19.8 Å². The molecule has 0 bridgehead atoms. The monoisotopic (exact) mass is 184 g/mol. The third-order valence-electron chi connectivity index (χ3n) is 1.65. The Hall–Kier alpha value is -0.830. The second-order valence-electron chi connectivity index (χ2n) is 2.99. The molecule has 0 aromatic carbocycles. The molecule has 1 atom stereocenters. The molecule has 3 heteroatoms. The van der Waals surface area contributed by atoms with E-state index in [-0.39, 0.29) is 12.3 Å². The average Bonchev–Trinajstić information content (AvgIpc) is 2.37. The van der Waals surface area contributed by atoms with Crippen molar-refractivity contribution in [2.24, 2.45) is 5.92 Å². The molecule has 0 aliphatic carbocycles. The molecule has 2 nitrogen and oxygen atoms in total. The van der Waals surface area contributed by atoms with Gasteiger partial charge in [0.15, 0.2) is 0 Å². The second-order valence-corrected chi connectivity index (χ2v) is 4.02. The molecule has 1 heterocycles. The van der Waals surface area contributed by atoms with E-state index in [1.165, 1.54) is 4.88 Å². The highest BCUT2D eigenvalue weighted by atomic mass is 32.1. The van der Waals surface area contributed by atoms with Gasteiger partial charge in [0.05, 0.1) is 0 Å². The van der Waals surface area contributed by atoms with Gasteiger partial charge < -0.3 is 5.11 Å². The van der Waals surface area contributed by atoms with Gasteiger partial charge >= 0.3 is 5.97 Å². The van der Waals surface area contributed by atoms with Crippen LogP contribution in [-0.2, 0) is 11.2 Å². The molecule has 0 spiro atoms. The third kappa shape index (κ3) is 3.05. The molecule has 0 fully saturated rings. The zero-order valence-corrected chi connectivity index (χ0v) is 7.80. The summed E-state index contributed by atoms with van der Waals surface area (Å²) in [5, 5.41) is 10.5. The molecule has 0 radical (unpaired) electrons. The fourth-order valence-electron chi connectivity index (χ4n) is 1.14. The van der Waals surface area contributed by atoms with Crippen LogP contribution in [0.15, 0.2) is 17.5 Å². The molecule has 1 aromatic rings. The minimum absolute atomic E-state index is 0.237. The lowest BCUT2D eigenvalue weighted by molar-refractivity contribution is -0.137. The summed E-state index contributed by atoms with van der Waals surface area (Å²) in [7, 11) is 0. The summed E-state index contributed by atoms with van der Waals surface area (Å²) in [6.07, 6.45) is 1.14. The predicted molar refractivity (Wildman–Crippen MR) is 49.4 cm³/mol. The fraction of sp³-hybridized carbons (Fsp3) is 0.444. The van der Waals surface area contributed by atoms with Crippen molar-refractivity contribution in [3.8, 4) is 0 Å². The van der Waals surface area contributed by atoms with E-state index in [0.29, 0.717) is 0 Å². The van der Waals surface area contributed by atoms with Gasteiger partial charge in [-0.3, -0.25) is 4.79 Å². The molecular formula is C9H12O2S. The molecule has 1 aromatic heterocycles. The van der Waals surface area contributed by atoms with Crippen molar-refractivity contribution < 1.29 is 9.90 Å². The number of hydrogen-bond donors (Lipinski definition) is 1. The van der Waals surface area contributed by atoms with Gasteiger partial charge in [0.25, 0.3) is 0 Å². The van der Waals surface area contributed by atoms with Crippen molar-refractivity contribution in [2.75, 3.05) is 0 Å². The van der Waals surface area contributed by atoms with E-state index >= 15 is 0 Å². The first kappa shape index (κ1) is 9.26. The van der Waals surface area contributed by atoms with Crippen LogP contribution in [0.5, 0.6) is 0 Å². The molecule has 0 unspecified atom stereocenters. The first-order valence-electron chi connectivity index (χ1n) is 3.92. The van der Waals surface area contributed by atoms with Crippen LogP contribution in [0.3, 0.4) is 0 Å². The Balaban J connectivity index is 2.36. The highest BCUT2D eigenvalue weighted by molar-refractivity contribution is 7.09. The number of carbonyl (C=O) groups is 1. The maximum Gasteiger partial charge on any atom is 0.303 e. The van der Waals surface area contributed by atoms with Crippen LogP contribution in [0, 0.1) is 5.92 Å². The van der Waals surface area contributed by atoms with Crippen LogP contribution in [-0.4, -0.2) is 11.1 Å². The average molecular weight is 184 g/mol. The molecule has 0 saturated carbocycles. The van der Waals surface area contributed by atoms with Crippen molar-refractivity contribution in [3.63, 3.8) is 0 Å². The highest BCUT2D eigenvalue weighted by Gasteiger charge is 2.08. The van der Waals surface area contributed by atoms with Gasteiger partial charge in [-0.05, 0) is 23.8 Å². The number of aliphatic carboxylic acids is 1. The van der Waals surface area contributed by atoms with Crippen molar-refractivity contribution >= 4 is 17.3 Å². The number of carboxylic acid groups (broad SMARTS) is 1. The van der Waals surface area contributed by atoms with E-state index in [0.717, 1.165) is 6.42 Å². The Morgan fingerprint density at radius 1 is 1.75 bits per heavy atom. The minimum Gasteiger partial charge on any atom is -0.481 e. The molecule has 0 saturated heterocycles. The minimum atomic E-state index is -0.709. The first-order valence-corrected chi connectivity index (χ1v) is 4.80. The largest absolute Gasteiger partial charge is 0.481 e. The van der Waals surface area contributed by atoms with Crippen molar-refractivity contribution in [1.29, 1.82) is 0 Å². The van der Waals surface area contributed by atoms with Crippen LogP contribution < -0.4 is 0 Å². The van der Waals surface area contributed by atoms with E-state index in [1.54, 1.807) is 11.3 Å². The second kappa shape index (κ2) is 4.26. The number of thiophene rings is 1. The van der Waals surface area contributed by atoms with Crippen molar-refractivity contribution in [1.82, 2.24) is 0 Å². The normalized spacial score (nSPS) is 12.8. The highest BCUT2D eigenvalue weighted by Crippen LogP contribution is 2.16. The van der Waals surface area contributed by atoms with Crippen LogP contribution >= 0.6 is 11.3 Å². The molecule has 1 rings (SSSR count). The predicted octanol–water partition coefficient (Wildman–Crippen LogP) is 2.40. The zero-order chi connectivity index (χ0) is 8.97. The van der Waals surface area contributed by atoms with E-state index < -0.39 is 5.97 Å². The first-order chi connectivity index (χ1) is 5.68. The Bertz CT molecular complexity index is 241. The van der Waals surface area contributed by atoms with Crippen LogP contribution in [0.1, 0.15) is 18.2 Å². The summed E-state index contributed by atoms with van der Waals surface area (Å²) in [5.41, 5.74) is 0. The maximum atomic E-state index is 10.3. The van der Waals surface area contributed by atoms with E-state index in [1.807, 2.05) is 24.4 Å². The quantitative estimate of drug-likeness (QED) is 0.780. The van der Waals surface area contributed by atoms with Crippen molar-refractivity contribution in [3.05, 3.63) is 22.4 Å². The molecule has 0 amide bonds. The summed E-state index contributed by atoms with van der Waals surface area (Å²) in [6, 6.07) is 4.04. The standard InChI is InChI=1S/C9H12O2S/c1-7(6-9(10)11)5-8-3-2-4-12-8/h2-4,7H,5-6H2,1H3,(H,10,11)/t7-/m0/s1. The van der Waals surface area contributed by atoms with Crippen LogP contribution in [0.2, 0.25) is 0 Å². The number of hydrogen-bond acceptors (Lipinski definition) is 2. The van der Waals surface area contributed by atoms with Gasteiger partial charge in [-0.25, -0.2) is 0 Å². The van der Waals surface area contributed by atoms with Gasteiger partial charge in [0.1, 0.15) is 0 Å². The van der Waals surface area contributed by atoms with E-state index in [4.69, 9.17) is 5.11 Å². The topological polar surface area (TPSA) is 37.3 Å². The molecule has 0 aliphatic rings. The molecule has 12 heavy (non-hydrogen) atoms. The Morgan fingerprint density at radius 3 is 3.00 bits per heavy atom. The maximum absolute atomic E-state index is 10.3. The zero-order valence-electron chi connectivity index (χ0n) is 6.99. The molecular weight excluding hydrogens is 172 g/mol. The van der Waals surface area contributed by atoms with Crippen LogP contribution in [0.4, 0.5) is 0 Å². The summed E-state index contributed by atoms with van der Waals surface area (Å²) in [4.78, 5) is 11.6. The van der Waals surface area contributed by atoms with Gasteiger partial charge in [-0.1, -0.05) is 13.0 Å². The third-order valence-corrected chi connectivity index (χ3v) is 2.55. The lowest BCUT2D eigenvalue weighted by Gasteiger charge is -2.05. The SMILES string of the molecule is C[C@H](CC(=O)O)Cc1cccs1. The summed E-state index contributed by atoms with van der Waals surface area (Å²) >= 11 is 1.69. The van der Waals surface area contributed by atoms with E-state index in [9.17, 15) is 4.79 Å². The molecule has 66 valence electrons. The lowest BCUT2D eigenvalue weighted by Crippen LogP contribution is -2.05. The van der Waals surface area contributed by atoms with Gasteiger partial charge in [-0.15, -0.1) is 11.3 Å². The molecule has 0 aliphatic heterocycles. The summed E-state index contributed by atoms with van der Waals surface area (Å²) in [5.74, 6) is -0.472. The Kier molecular flexibility index (Phi) is 3.29. The number of carboxylic acids is 1. The van der Waals surface area contributed by atoms with Gasteiger partial charge in [-0.2, -0.15) is 0 Å². The van der Waals surface area contributed by atoms with Gasteiger partial charge in [0.2, 0.25) is 0 Å². The van der Waals surface area contributed by atoms with Gasteiger partial charge in [0, 0.05) is 11.3 Å². The fourth-order valence-corrected chi connectivity index (χ4v) is 2.01. The lowest BCUT2D eigenvalue weighted by atomic mass is 10.0. The number of rotatable bonds is 4. The smallest absolute Gasteiger partial charge is 0.303 e. The Morgan fingerprint density at radius 2 is 2.50 bits per heavy atom. The van der Waals surface area contributed by atoms with Crippen LogP contribution in [0.25, 0.3) is 0 Å². The van der Waals surface area contributed by atoms with E-state index in [2.05, 4.69) is 0 Å². The Labute approximate surface area is 75.9 Å². The molecule has 1 N–H and O–H groups in total. The summed E-state index contributed by atoms with van der Waals surface area (Å²) in [6.45, 7) is 1.97.